The van der Waals surface area contributed by atoms with E-state index in [4.69, 9.17) is 0 Å². The third kappa shape index (κ3) is 4.28. The molecule has 0 spiro atoms. The zero-order chi connectivity index (χ0) is 13.7. The lowest BCUT2D eigenvalue weighted by molar-refractivity contribution is 0.451. The van der Waals surface area contributed by atoms with Gasteiger partial charge in [0.05, 0.1) is 4.90 Å². The Labute approximate surface area is 114 Å². The first-order chi connectivity index (χ1) is 9.08. The number of benzene rings is 1. The number of nitrogens with one attached hydrogen (secondary N) is 1. The quantitative estimate of drug-likeness (QED) is 0.864. The van der Waals surface area contributed by atoms with Gasteiger partial charge in [-0.25, -0.2) is 17.5 Å². The van der Waals surface area contributed by atoms with E-state index in [1.54, 1.807) is 0 Å². The van der Waals surface area contributed by atoms with Crippen LogP contribution in [0.2, 0.25) is 0 Å². The molecule has 1 fully saturated rings. The van der Waals surface area contributed by atoms with Crippen molar-refractivity contribution in [2.24, 2.45) is 5.92 Å². The molecule has 0 amide bonds. The Bertz CT molecular complexity index is 508. The third-order valence-electron chi connectivity index (χ3n) is 3.64. The van der Waals surface area contributed by atoms with Crippen LogP contribution in [0.4, 0.5) is 4.39 Å². The summed E-state index contributed by atoms with van der Waals surface area (Å²) >= 11 is 0. The molecule has 3 nitrogen and oxygen atoms in total. The highest BCUT2D eigenvalue weighted by molar-refractivity contribution is 7.89. The molecule has 0 unspecified atom stereocenters. The van der Waals surface area contributed by atoms with Crippen molar-refractivity contribution in [1.29, 1.82) is 0 Å². The highest BCUT2D eigenvalue weighted by Crippen LogP contribution is 2.22. The van der Waals surface area contributed by atoms with Gasteiger partial charge in [-0.3, -0.25) is 0 Å². The van der Waals surface area contributed by atoms with Gasteiger partial charge in [0, 0.05) is 6.54 Å². The Morgan fingerprint density at radius 1 is 1.16 bits per heavy atom. The Morgan fingerprint density at radius 2 is 1.84 bits per heavy atom. The second-order valence-corrected chi connectivity index (χ2v) is 6.93. The lowest BCUT2D eigenvalue weighted by Gasteiger charge is -2.15. The van der Waals surface area contributed by atoms with Gasteiger partial charge in [-0.05, 0) is 37.0 Å². The summed E-state index contributed by atoms with van der Waals surface area (Å²) in [6, 6.07) is 5.12. The number of hydrogen-bond acceptors (Lipinski definition) is 2. The molecule has 5 heteroatoms. The van der Waals surface area contributed by atoms with Gasteiger partial charge < -0.3 is 0 Å². The molecule has 0 heterocycles. The van der Waals surface area contributed by atoms with Crippen LogP contribution in [0.15, 0.2) is 29.2 Å². The van der Waals surface area contributed by atoms with Gasteiger partial charge in [-0.2, -0.15) is 0 Å². The van der Waals surface area contributed by atoms with Crippen LogP contribution >= 0.6 is 0 Å². The van der Waals surface area contributed by atoms with Crippen LogP contribution < -0.4 is 4.72 Å². The van der Waals surface area contributed by atoms with E-state index in [9.17, 15) is 12.8 Å². The van der Waals surface area contributed by atoms with Gasteiger partial charge >= 0.3 is 0 Å². The predicted molar refractivity (Wildman–Crippen MR) is 72.8 cm³/mol. The minimum absolute atomic E-state index is 0.00104. The van der Waals surface area contributed by atoms with Gasteiger partial charge in [-0.1, -0.05) is 31.7 Å². The molecule has 1 aromatic carbocycles. The summed E-state index contributed by atoms with van der Waals surface area (Å²) in [6.45, 7) is 0.457. The largest absolute Gasteiger partial charge is 0.240 e. The van der Waals surface area contributed by atoms with Gasteiger partial charge in [0.2, 0.25) is 10.0 Å². The van der Waals surface area contributed by atoms with E-state index in [-0.39, 0.29) is 4.90 Å². The summed E-state index contributed by atoms with van der Waals surface area (Å²) in [6.07, 6.45) is 6.98. The molecule has 0 radical (unpaired) electrons. The minimum Gasteiger partial charge on any atom is -0.211 e. The molecular formula is C14H20FNO2S. The Balaban J connectivity index is 1.97. The molecule has 1 saturated carbocycles. The van der Waals surface area contributed by atoms with E-state index in [2.05, 4.69) is 4.72 Å². The van der Waals surface area contributed by atoms with Crippen LogP contribution in [0.25, 0.3) is 0 Å². The smallest absolute Gasteiger partial charge is 0.211 e. The van der Waals surface area contributed by atoms with Crippen LogP contribution in [-0.2, 0) is 10.0 Å². The van der Waals surface area contributed by atoms with Crippen LogP contribution in [-0.4, -0.2) is 15.0 Å². The van der Waals surface area contributed by atoms with E-state index in [0.717, 1.165) is 18.9 Å². The molecule has 0 atom stereocenters. The summed E-state index contributed by atoms with van der Waals surface area (Å²) in [5, 5.41) is 0. The second kappa shape index (κ2) is 6.48. The summed E-state index contributed by atoms with van der Waals surface area (Å²) in [5.74, 6) is -0.122. The second-order valence-electron chi connectivity index (χ2n) is 5.17. The lowest BCUT2D eigenvalue weighted by atomic mass is 10.0. The number of hydrogen-bond donors (Lipinski definition) is 1. The van der Waals surface area contributed by atoms with Crippen molar-refractivity contribution in [3.8, 4) is 0 Å². The highest BCUT2D eigenvalue weighted by atomic mass is 32.2. The molecule has 0 bridgehead atoms. The van der Waals surface area contributed by atoms with Crippen molar-refractivity contribution in [1.82, 2.24) is 4.72 Å². The average Bonchev–Trinajstić information content (AvgIpc) is 2.65. The predicted octanol–water partition coefficient (Wildman–Crippen LogP) is 3.07. The van der Waals surface area contributed by atoms with Gasteiger partial charge in [0.1, 0.15) is 5.82 Å². The van der Waals surface area contributed by atoms with Gasteiger partial charge in [0.25, 0.3) is 0 Å². The normalized spacial score (nSPS) is 18.2. The first-order valence-electron chi connectivity index (χ1n) is 6.83. The molecule has 19 heavy (non-hydrogen) atoms. The first kappa shape index (κ1) is 14.5. The van der Waals surface area contributed by atoms with E-state index >= 15 is 0 Å². The van der Waals surface area contributed by atoms with Crippen LogP contribution in [0.1, 0.15) is 38.5 Å². The molecule has 0 aromatic heterocycles. The molecular weight excluding hydrogens is 265 g/mol. The van der Waals surface area contributed by atoms with Crippen molar-refractivity contribution in [2.75, 3.05) is 6.54 Å². The lowest BCUT2D eigenvalue weighted by Crippen LogP contribution is -2.29. The molecule has 1 aromatic rings. The number of rotatable bonds is 4. The first-order valence-corrected chi connectivity index (χ1v) is 8.31. The molecule has 2 rings (SSSR count). The fourth-order valence-electron chi connectivity index (χ4n) is 2.51. The molecule has 1 N–H and O–H groups in total. The number of sulfonamides is 1. The van der Waals surface area contributed by atoms with Crippen molar-refractivity contribution < 1.29 is 12.8 Å². The van der Waals surface area contributed by atoms with Gasteiger partial charge in [-0.15, -0.1) is 0 Å². The van der Waals surface area contributed by atoms with E-state index in [0.29, 0.717) is 12.5 Å². The van der Waals surface area contributed by atoms with Crippen LogP contribution in [0.5, 0.6) is 0 Å². The molecule has 1 aliphatic carbocycles. The van der Waals surface area contributed by atoms with E-state index in [1.807, 2.05) is 0 Å². The van der Waals surface area contributed by atoms with E-state index < -0.39 is 15.8 Å². The summed E-state index contributed by atoms with van der Waals surface area (Å²) < 4.78 is 39.7. The molecule has 1 aliphatic rings. The maximum absolute atomic E-state index is 13.1. The minimum atomic E-state index is -3.58. The Morgan fingerprint density at radius 3 is 2.47 bits per heavy atom. The fraction of sp³-hybridized carbons (Fsp3) is 0.571. The molecule has 0 aliphatic heterocycles. The fourth-order valence-corrected chi connectivity index (χ4v) is 3.66. The SMILES string of the molecule is O=S(=O)(NCC1CCCCCC1)c1cccc(F)c1. The van der Waals surface area contributed by atoms with Gasteiger partial charge in [0.15, 0.2) is 0 Å². The third-order valence-corrected chi connectivity index (χ3v) is 5.06. The maximum atomic E-state index is 13.1. The Kier molecular flexibility index (Phi) is 4.93. The molecule has 106 valence electrons. The van der Waals surface area contributed by atoms with Crippen molar-refractivity contribution in [3.63, 3.8) is 0 Å². The zero-order valence-corrected chi connectivity index (χ0v) is 11.8. The van der Waals surface area contributed by atoms with Crippen molar-refractivity contribution >= 4 is 10.0 Å². The Hall–Kier alpha value is -0.940. The molecule has 0 saturated heterocycles. The summed E-state index contributed by atoms with van der Waals surface area (Å²) in [7, 11) is -3.58. The summed E-state index contributed by atoms with van der Waals surface area (Å²) in [4.78, 5) is 0.00104. The topological polar surface area (TPSA) is 46.2 Å². The van der Waals surface area contributed by atoms with Crippen molar-refractivity contribution in [2.45, 2.75) is 43.4 Å². The monoisotopic (exact) mass is 285 g/mol. The highest BCUT2D eigenvalue weighted by Gasteiger charge is 2.18. The van der Waals surface area contributed by atoms with Crippen LogP contribution in [0, 0.1) is 11.7 Å². The van der Waals surface area contributed by atoms with E-state index in [1.165, 1.54) is 43.9 Å². The standard InChI is InChI=1S/C14H20FNO2S/c15-13-8-5-9-14(10-13)19(17,18)16-11-12-6-3-1-2-4-7-12/h5,8-10,12,16H,1-4,6-7,11H2. The summed E-state index contributed by atoms with van der Waals surface area (Å²) in [5.41, 5.74) is 0. The van der Waals surface area contributed by atoms with Crippen LogP contribution in [0.3, 0.4) is 0 Å². The zero-order valence-electron chi connectivity index (χ0n) is 10.9. The van der Waals surface area contributed by atoms with Crippen molar-refractivity contribution in [3.05, 3.63) is 30.1 Å². The average molecular weight is 285 g/mol. The number of halogens is 1. The maximum Gasteiger partial charge on any atom is 0.240 e.